The Morgan fingerprint density at radius 2 is 1.84 bits per heavy atom. The first-order valence-electron chi connectivity index (χ1n) is 6.22. The molecule has 0 saturated heterocycles. The molecule has 1 heterocycles. The smallest absolute Gasteiger partial charge is 0.231 e. The largest absolute Gasteiger partial charge is 0.454 e. The van der Waals surface area contributed by atoms with Crippen molar-refractivity contribution in [3.63, 3.8) is 0 Å². The summed E-state index contributed by atoms with van der Waals surface area (Å²) in [7, 11) is 0. The zero-order valence-corrected chi connectivity index (χ0v) is 10.2. The molecule has 0 unspecified atom stereocenters. The average molecular weight is 252 g/mol. The third-order valence-corrected chi connectivity index (χ3v) is 3.58. The van der Waals surface area contributed by atoms with E-state index in [1.54, 1.807) is 0 Å². The number of hydrogen-bond acceptors (Lipinski definition) is 3. The minimum Gasteiger partial charge on any atom is -0.454 e. The van der Waals surface area contributed by atoms with Gasteiger partial charge < -0.3 is 14.6 Å². The number of fused-ring (bicyclic) bond motifs is 2. The van der Waals surface area contributed by atoms with E-state index in [1.807, 2.05) is 48.5 Å². The Morgan fingerprint density at radius 3 is 2.79 bits per heavy atom. The summed E-state index contributed by atoms with van der Waals surface area (Å²) in [5.74, 6) is 1.54. The molecule has 0 fully saturated rings. The Kier molecular flexibility index (Phi) is 2.17. The summed E-state index contributed by atoms with van der Waals surface area (Å²) in [6.45, 7) is 0.275. The van der Waals surface area contributed by atoms with Crippen LogP contribution < -0.4 is 9.47 Å². The molecule has 1 atom stereocenters. The fourth-order valence-corrected chi connectivity index (χ4v) is 2.65. The van der Waals surface area contributed by atoms with E-state index < -0.39 is 6.10 Å². The molecular formula is C16H12O3. The molecule has 1 aliphatic carbocycles. The predicted molar refractivity (Wildman–Crippen MR) is 71.0 cm³/mol. The van der Waals surface area contributed by atoms with Crippen LogP contribution >= 0.6 is 0 Å². The van der Waals surface area contributed by atoms with E-state index in [1.165, 1.54) is 0 Å². The molecule has 0 spiro atoms. The van der Waals surface area contributed by atoms with Crippen LogP contribution in [0, 0.1) is 0 Å². The van der Waals surface area contributed by atoms with Gasteiger partial charge in [0.1, 0.15) is 0 Å². The second-order valence-corrected chi connectivity index (χ2v) is 4.68. The highest BCUT2D eigenvalue weighted by Gasteiger charge is 2.23. The Balaban J connectivity index is 1.84. The van der Waals surface area contributed by atoms with Crippen LogP contribution in [0.25, 0.3) is 5.57 Å². The van der Waals surface area contributed by atoms with Crippen LogP contribution in [0.3, 0.4) is 0 Å². The SMILES string of the molecule is O[C@H]1C=C(c2ccc3c(c2)OCO3)c2ccccc21. The van der Waals surface area contributed by atoms with Crippen LogP contribution in [0.5, 0.6) is 11.5 Å². The fraction of sp³-hybridized carbons (Fsp3) is 0.125. The average Bonchev–Trinajstić information content (AvgIpc) is 3.03. The lowest BCUT2D eigenvalue weighted by Crippen LogP contribution is -1.93. The molecule has 1 N–H and O–H groups in total. The number of ether oxygens (including phenoxy) is 2. The van der Waals surface area contributed by atoms with Crippen molar-refractivity contribution in [1.82, 2.24) is 0 Å². The minimum atomic E-state index is -0.531. The third-order valence-electron chi connectivity index (χ3n) is 3.58. The molecule has 3 heteroatoms. The number of aliphatic hydroxyl groups is 1. The van der Waals surface area contributed by atoms with Crippen molar-refractivity contribution in [3.05, 3.63) is 65.2 Å². The van der Waals surface area contributed by atoms with Crippen molar-refractivity contribution < 1.29 is 14.6 Å². The molecule has 2 aromatic carbocycles. The Bertz CT molecular complexity index is 688. The highest BCUT2D eigenvalue weighted by atomic mass is 16.7. The molecule has 1 aliphatic heterocycles. The second-order valence-electron chi connectivity index (χ2n) is 4.68. The topological polar surface area (TPSA) is 38.7 Å². The number of hydrogen-bond donors (Lipinski definition) is 1. The lowest BCUT2D eigenvalue weighted by molar-refractivity contribution is 0.174. The zero-order valence-electron chi connectivity index (χ0n) is 10.2. The van der Waals surface area contributed by atoms with Gasteiger partial charge in [0.15, 0.2) is 11.5 Å². The zero-order chi connectivity index (χ0) is 12.8. The molecule has 0 radical (unpaired) electrons. The van der Waals surface area contributed by atoms with E-state index >= 15 is 0 Å². The summed E-state index contributed by atoms with van der Waals surface area (Å²) >= 11 is 0. The number of aliphatic hydroxyl groups excluding tert-OH is 1. The van der Waals surface area contributed by atoms with E-state index in [9.17, 15) is 5.11 Å². The van der Waals surface area contributed by atoms with Gasteiger partial charge >= 0.3 is 0 Å². The van der Waals surface area contributed by atoms with Gasteiger partial charge in [-0.1, -0.05) is 30.3 Å². The van der Waals surface area contributed by atoms with E-state index in [-0.39, 0.29) is 6.79 Å². The van der Waals surface area contributed by atoms with Crippen molar-refractivity contribution in [2.75, 3.05) is 6.79 Å². The van der Waals surface area contributed by atoms with Gasteiger partial charge in [0.25, 0.3) is 0 Å². The van der Waals surface area contributed by atoms with Crippen molar-refractivity contribution in [2.24, 2.45) is 0 Å². The molecule has 3 nitrogen and oxygen atoms in total. The summed E-state index contributed by atoms with van der Waals surface area (Å²) in [5.41, 5.74) is 4.11. The van der Waals surface area contributed by atoms with Crippen LogP contribution in [-0.4, -0.2) is 11.9 Å². The quantitative estimate of drug-likeness (QED) is 0.848. The fourth-order valence-electron chi connectivity index (χ4n) is 2.65. The van der Waals surface area contributed by atoms with Crippen molar-refractivity contribution in [3.8, 4) is 11.5 Å². The minimum absolute atomic E-state index is 0.275. The summed E-state index contributed by atoms with van der Waals surface area (Å²) in [5, 5.41) is 10.1. The molecule has 94 valence electrons. The predicted octanol–water partition coefficient (Wildman–Crippen LogP) is 2.89. The number of rotatable bonds is 1. The van der Waals surface area contributed by atoms with Crippen molar-refractivity contribution >= 4 is 5.57 Å². The van der Waals surface area contributed by atoms with Gasteiger partial charge in [-0.15, -0.1) is 0 Å². The first-order valence-corrected chi connectivity index (χ1v) is 6.22. The van der Waals surface area contributed by atoms with Gasteiger partial charge in [-0.3, -0.25) is 0 Å². The molecule has 2 aliphatic rings. The molecule has 0 saturated carbocycles. The standard InChI is InChI=1S/C16H12O3/c17-14-8-13(11-3-1-2-4-12(11)14)10-5-6-15-16(7-10)19-9-18-15/h1-8,14,17H,9H2/t14-/m0/s1. The lowest BCUT2D eigenvalue weighted by Gasteiger charge is -2.07. The molecule has 0 bridgehead atoms. The highest BCUT2D eigenvalue weighted by Crippen LogP contribution is 2.41. The summed E-state index contributed by atoms with van der Waals surface area (Å²) in [6, 6.07) is 13.8. The Morgan fingerprint density at radius 1 is 1.00 bits per heavy atom. The van der Waals surface area contributed by atoms with Gasteiger partial charge in [-0.2, -0.15) is 0 Å². The van der Waals surface area contributed by atoms with Gasteiger partial charge in [0.2, 0.25) is 6.79 Å². The van der Waals surface area contributed by atoms with Gasteiger partial charge in [-0.05, 0) is 40.5 Å². The summed E-state index contributed by atoms with van der Waals surface area (Å²) in [6.07, 6.45) is 1.35. The first kappa shape index (κ1) is 10.6. The van der Waals surface area contributed by atoms with Gasteiger partial charge in [0.05, 0.1) is 6.10 Å². The van der Waals surface area contributed by atoms with Crippen molar-refractivity contribution in [2.45, 2.75) is 6.10 Å². The van der Waals surface area contributed by atoms with Crippen LogP contribution in [0.4, 0.5) is 0 Å². The van der Waals surface area contributed by atoms with Gasteiger partial charge in [-0.25, -0.2) is 0 Å². The maximum Gasteiger partial charge on any atom is 0.231 e. The van der Waals surface area contributed by atoms with E-state index in [0.29, 0.717) is 0 Å². The summed E-state index contributed by atoms with van der Waals surface area (Å²) in [4.78, 5) is 0. The normalized spacial score (nSPS) is 19.2. The molecular weight excluding hydrogens is 240 g/mol. The first-order chi connectivity index (χ1) is 9.33. The maximum atomic E-state index is 10.1. The summed E-state index contributed by atoms with van der Waals surface area (Å²) < 4.78 is 10.7. The van der Waals surface area contributed by atoms with Crippen LogP contribution in [0.2, 0.25) is 0 Å². The van der Waals surface area contributed by atoms with Crippen LogP contribution in [0.15, 0.2) is 48.5 Å². The van der Waals surface area contributed by atoms with Crippen molar-refractivity contribution in [1.29, 1.82) is 0 Å². The highest BCUT2D eigenvalue weighted by molar-refractivity contribution is 5.86. The third kappa shape index (κ3) is 1.55. The Labute approximate surface area is 110 Å². The van der Waals surface area contributed by atoms with Crippen LogP contribution in [-0.2, 0) is 0 Å². The molecule has 19 heavy (non-hydrogen) atoms. The van der Waals surface area contributed by atoms with Gasteiger partial charge in [0, 0.05) is 0 Å². The number of benzene rings is 2. The molecule has 0 aromatic heterocycles. The van der Waals surface area contributed by atoms with E-state index in [2.05, 4.69) is 0 Å². The monoisotopic (exact) mass is 252 g/mol. The molecule has 4 rings (SSSR count). The van der Waals surface area contributed by atoms with E-state index in [4.69, 9.17) is 9.47 Å². The second kappa shape index (κ2) is 3.87. The lowest BCUT2D eigenvalue weighted by atomic mass is 9.99. The molecule has 0 amide bonds. The Hall–Kier alpha value is -2.26. The van der Waals surface area contributed by atoms with Crippen LogP contribution in [0.1, 0.15) is 22.8 Å². The maximum absolute atomic E-state index is 10.1. The molecule has 2 aromatic rings. The van der Waals surface area contributed by atoms with E-state index in [0.717, 1.165) is 33.8 Å².